The van der Waals surface area contributed by atoms with E-state index in [4.69, 9.17) is 4.42 Å². The first-order chi connectivity index (χ1) is 10.6. The minimum absolute atomic E-state index is 0.0451. The third-order valence-electron chi connectivity index (χ3n) is 3.59. The number of amides is 1. The van der Waals surface area contributed by atoms with Gasteiger partial charge in [-0.3, -0.25) is 9.69 Å². The van der Waals surface area contributed by atoms with E-state index in [0.717, 1.165) is 13.1 Å². The van der Waals surface area contributed by atoms with Gasteiger partial charge in [0.25, 0.3) is 5.91 Å². The summed E-state index contributed by atoms with van der Waals surface area (Å²) >= 11 is 0. The van der Waals surface area contributed by atoms with Crippen LogP contribution in [0.25, 0.3) is 0 Å². The fraction of sp³-hybridized carbons (Fsp3) is 0.389. The predicted molar refractivity (Wildman–Crippen MR) is 87.6 cm³/mol. The summed E-state index contributed by atoms with van der Waals surface area (Å²) in [6.07, 6.45) is 1.51. The van der Waals surface area contributed by atoms with Crippen molar-refractivity contribution in [3.63, 3.8) is 0 Å². The second kappa shape index (κ2) is 7.80. The smallest absolute Gasteiger partial charge is 0.287 e. The van der Waals surface area contributed by atoms with E-state index < -0.39 is 0 Å². The van der Waals surface area contributed by atoms with E-state index >= 15 is 0 Å². The summed E-state index contributed by atoms with van der Waals surface area (Å²) in [4.78, 5) is 14.4. The Morgan fingerprint density at radius 1 is 1.14 bits per heavy atom. The van der Waals surface area contributed by atoms with E-state index in [2.05, 4.69) is 48.3 Å². The van der Waals surface area contributed by atoms with Crippen LogP contribution in [0.2, 0.25) is 0 Å². The first-order valence-electron chi connectivity index (χ1n) is 7.68. The van der Waals surface area contributed by atoms with Crippen LogP contribution in [-0.4, -0.2) is 29.4 Å². The first kappa shape index (κ1) is 16.3. The molecule has 22 heavy (non-hydrogen) atoms. The zero-order valence-electron chi connectivity index (χ0n) is 13.5. The van der Waals surface area contributed by atoms with Crippen molar-refractivity contribution in [2.24, 2.45) is 0 Å². The number of hydrogen-bond acceptors (Lipinski definition) is 3. The quantitative estimate of drug-likeness (QED) is 0.853. The molecule has 118 valence electrons. The zero-order chi connectivity index (χ0) is 15.9. The summed E-state index contributed by atoms with van der Waals surface area (Å²) in [5, 5.41) is 2.98. The lowest BCUT2D eigenvalue weighted by Crippen LogP contribution is -2.44. The topological polar surface area (TPSA) is 45.5 Å². The number of hydrogen-bond donors (Lipinski definition) is 1. The van der Waals surface area contributed by atoms with E-state index in [1.807, 2.05) is 13.0 Å². The summed E-state index contributed by atoms with van der Waals surface area (Å²) in [6, 6.07) is 14.2. The van der Waals surface area contributed by atoms with Gasteiger partial charge in [0, 0.05) is 25.2 Å². The van der Waals surface area contributed by atoms with Crippen LogP contribution in [-0.2, 0) is 6.54 Å². The Morgan fingerprint density at radius 2 is 1.86 bits per heavy atom. The minimum Gasteiger partial charge on any atom is -0.459 e. The summed E-state index contributed by atoms with van der Waals surface area (Å²) in [5.41, 5.74) is 1.28. The van der Waals surface area contributed by atoms with Crippen LogP contribution in [0.5, 0.6) is 0 Å². The summed E-state index contributed by atoms with van der Waals surface area (Å²) in [7, 11) is 0. The maximum absolute atomic E-state index is 12.0. The summed E-state index contributed by atoms with van der Waals surface area (Å²) in [5.74, 6) is 0.187. The molecule has 0 aliphatic heterocycles. The number of carbonyl (C=O) groups is 1. The predicted octanol–water partition coefficient (Wildman–Crippen LogP) is 3.31. The highest BCUT2D eigenvalue weighted by atomic mass is 16.3. The van der Waals surface area contributed by atoms with Crippen LogP contribution in [0.1, 0.15) is 36.9 Å². The van der Waals surface area contributed by atoms with Crippen molar-refractivity contribution >= 4 is 5.91 Å². The number of carbonyl (C=O) groups excluding carboxylic acids is 1. The van der Waals surface area contributed by atoms with Gasteiger partial charge in [-0.1, -0.05) is 30.3 Å². The van der Waals surface area contributed by atoms with Crippen molar-refractivity contribution in [2.45, 2.75) is 39.4 Å². The molecule has 1 amide bonds. The van der Waals surface area contributed by atoms with Crippen molar-refractivity contribution in [1.29, 1.82) is 0 Å². The Balaban J connectivity index is 1.91. The minimum atomic E-state index is -0.166. The monoisotopic (exact) mass is 300 g/mol. The van der Waals surface area contributed by atoms with Crippen molar-refractivity contribution in [2.75, 3.05) is 6.54 Å². The van der Waals surface area contributed by atoms with Gasteiger partial charge in [-0.25, -0.2) is 0 Å². The van der Waals surface area contributed by atoms with Crippen LogP contribution >= 0.6 is 0 Å². The van der Waals surface area contributed by atoms with Gasteiger partial charge in [0.15, 0.2) is 5.76 Å². The molecule has 0 fully saturated rings. The average Bonchev–Trinajstić information content (AvgIpc) is 3.01. The highest BCUT2D eigenvalue weighted by Gasteiger charge is 2.17. The number of benzene rings is 1. The lowest BCUT2D eigenvalue weighted by molar-refractivity contribution is 0.0893. The van der Waals surface area contributed by atoms with Gasteiger partial charge in [0.05, 0.1) is 6.26 Å². The van der Waals surface area contributed by atoms with Gasteiger partial charge in [0.2, 0.25) is 0 Å². The zero-order valence-corrected chi connectivity index (χ0v) is 13.5. The van der Waals surface area contributed by atoms with E-state index in [1.54, 1.807) is 12.1 Å². The molecule has 2 rings (SSSR count). The molecule has 0 saturated heterocycles. The third kappa shape index (κ3) is 4.74. The molecule has 0 spiro atoms. The molecule has 1 N–H and O–H groups in total. The SMILES string of the molecule is CC(CN(Cc1ccccc1)C(C)C)NC(=O)c1ccco1. The fourth-order valence-corrected chi connectivity index (χ4v) is 2.38. The molecule has 1 unspecified atom stereocenters. The van der Waals surface area contributed by atoms with Gasteiger partial charge < -0.3 is 9.73 Å². The molecule has 1 heterocycles. The van der Waals surface area contributed by atoms with Crippen LogP contribution in [0, 0.1) is 0 Å². The molecule has 0 saturated carbocycles. The highest BCUT2D eigenvalue weighted by molar-refractivity contribution is 5.91. The maximum Gasteiger partial charge on any atom is 0.287 e. The molecule has 4 nitrogen and oxygen atoms in total. The largest absolute Gasteiger partial charge is 0.459 e. The maximum atomic E-state index is 12.0. The van der Waals surface area contributed by atoms with E-state index in [0.29, 0.717) is 11.8 Å². The molecular formula is C18H24N2O2. The summed E-state index contributed by atoms with van der Waals surface area (Å²) < 4.78 is 5.12. The van der Waals surface area contributed by atoms with Gasteiger partial charge in [-0.05, 0) is 38.5 Å². The first-order valence-corrected chi connectivity index (χ1v) is 7.68. The van der Waals surface area contributed by atoms with Crippen LogP contribution < -0.4 is 5.32 Å². The molecule has 4 heteroatoms. The van der Waals surface area contributed by atoms with Gasteiger partial charge in [-0.2, -0.15) is 0 Å². The molecule has 0 aliphatic rings. The molecule has 0 bridgehead atoms. The molecule has 1 aromatic carbocycles. The van der Waals surface area contributed by atoms with Gasteiger partial charge in [-0.15, -0.1) is 0 Å². The average molecular weight is 300 g/mol. The number of nitrogens with zero attached hydrogens (tertiary/aromatic N) is 1. The number of nitrogens with one attached hydrogen (secondary N) is 1. The second-order valence-electron chi connectivity index (χ2n) is 5.86. The van der Waals surface area contributed by atoms with Crippen LogP contribution in [0.15, 0.2) is 53.1 Å². The number of furan rings is 1. The van der Waals surface area contributed by atoms with Crippen molar-refractivity contribution < 1.29 is 9.21 Å². The third-order valence-corrected chi connectivity index (χ3v) is 3.59. The van der Waals surface area contributed by atoms with E-state index in [9.17, 15) is 4.79 Å². The highest BCUT2D eigenvalue weighted by Crippen LogP contribution is 2.09. The molecule has 1 aromatic heterocycles. The molecule has 2 aromatic rings. The van der Waals surface area contributed by atoms with Crippen molar-refractivity contribution in [1.82, 2.24) is 10.2 Å². The molecule has 0 aliphatic carbocycles. The lowest BCUT2D eigenvalue weighted by Gasteiger charge is -2.29. The lowest BCUT2D eigenvalue weighted by atomic mass is 10.1. The molecule has 1 atom stereocenters. The van der Waals surface area contributed by atoms with Crippen molar-refractivity contribution in [3.8, 4) is 0 Å². The van der Waals surface area contributed by atoms with Crippen LogP contribution in [0.3, 0.4) is 0 Å². The van der Waals surface area contributed by atoms with Gasteiger partial charge >= 0.3 is 0 Å². The Labute approximate surface area is 132 Å². The summed E-state index contributed by atoms with van der Waals surface area (Å²) in [6.45, 7) is 8.02. The van der Waals surface area contributed by atoms with Crippen LogP contribution in [0.4, 0.5) is 0 Å². The normalized spacial score (nSPS) is 12.6. The Kier molecular flexibility index (Phi) is 5.78. The fourth-order valence-electron chi connectivity index (χ4n) is 2.38. The van der Waals surface area contributed by atoms with E-state index in [1.165, 1.54) is 11.8 Å². The number of rotatable bonds is 7. The standard InChI is InChI=1S/C18H24N2O2/c1-14(2)20(13-16-8-5-4-6-9-16)12-15(3)19-18(21)17-10-7-11-22-17/h4-11,14-15H,12-13H2,1-3H3,(H,19,21). The molecule has 0 radical (unpaired) electrons. The Bertz CT molecular complexity index is 564. The van der Waals surface area contributed by atoms with E-state index in [-0.39, 0.29) is 11.9 Å². The Hall–Kier alpha value is -2.07. The second-order valence-corrected chi connectivity index (χ2v) is 5.86. The van der Waals surface area contributed by atoms with Crippen molar-refractivity contribution in [3.05, 3.63) is 60.1 Å². The Morgan fingerprint density at radius 3 is 2.45 bits per heavy atom. The van der Waals surface area contributed by atoms with Gasteiger partial charge in [0.1, 0.15) is 0 Å². The molecular weight excluding hydrogens is 276 g/mol.